The lowest BCUT2D eigenvalue weighted by molar-refractivity contribution is -0.125. The van der Waals surface area contributed by atoms with Crippen LogP contribution in [0.4, 0.5) is 8.78 Å². The fraction of sp³-hybridized carbons (Fsp3) is 0.278. The van der Waals surface area contributed by atoms with Crippen LogP contribution in [0.25, 0.3) is 0 Å². The van der Waals surface area contributed by atoms with Crippen LogP contribution in [-0.4, -0.2) is 12.5 Å². The van der Waals surface area contributed by atoms with Crippen molar-refractivity contribution in [2.24, 2.45) is 0 Å². The zero-order chi connectivity index (χ0) is 16.2. The molecule has 116 valence electrons. The second-order valence-corrected chi connectivity index (χ2v) is 5.76. The highest BCUT2D eigenvalue weighted by Crippen LogP contribution is 2.23. The molecule has 22 heavy (non-hydrogen) atoms. The Morgan fingerprint density at radius 1 is 0.955 bits per heavy atom. The molecule has 0 saturated heterocycles. The molecule has 0 unspecified atom stereocenters. The van der Waals surface area contributed by atoms with Gasteiger partial charge in [0.1, 0.15) is 11.6 Å². The normalized spacial score (nSPS) is 11.3. The summed E-state index contributed by atoms with van der Waals surface area (Å²) >= 11 is 0. The van der Waals surface area contributed by atoms with Gasteiger partial charge in [-0.1, -0.05) is 24.3 Å². The van der Waals surface area contributed by atoms with Crippen LogP contribution in [0.2, 0.25) is 0 Å². The summed E-state index contributed by atoms with van der Waals surface area (Å²) in [5.74, 6) is -0.720. The van der Waals surface area contributed by atoms with Crippen LogP contribution in [0, 0.1) is 11.6 Å². The Morgan fingerprint density at radius 2 is 1.45 bits per heavy atom. The van der Waals surface area contributed by atoms with Gasteiger partial charge in [0.25, 0.3) is 0 Å². The molecule has 0 bridgehead atoms. The van der Waals surface area contributed by atoms with Crippen molar-refractivity contribution in [3.63, 3.8) is 0 Å². The summed E-state index contributed by atoms with van der Waals surface area (Å²) in [5, 5.41) is 2.87. The van der Waals surface area contributed by atoms with Gasteiger partial charge in [-0.3, -0.25) is 4.79 Å². The van der Waals surface area contributed by atoms with Crippen LogP contribution in [0.15, 0.2) is 48.5 Å². The van der Waals surface area contributed by atoms with E-state index in [1.807, 2.05) is 0 Å². The number of rotatable bonds is 5. The van der Waals surface area contributed by atoms with Gasteiger partial charge in [-0.25, -0.2) is 8.78 Å². The Kier molecular flexibility index (Phi) is 4.91. The Bertz CT molecular complexity index is 633. The first kappa shape index (κ1) is 16.1. The van der Waals surface area contributed by atoms with E-state index in [2.05, 4.69) is 5.32 Å². The Morgan fingerprint density at radius 3 is 2.00 bits per heavy atom. The number of benzene rings is 2. The molecule has 2 rings (SSSR count). The standard InChI is InChI=1S/C18H19F2NO/c1-18(2,14-5-9-16(20)10-6-14)17(22)21-12-11-13-3-7-15(19)8-4-13/h3-10H,11-12H2,1-2H3,(H,21,22). The molecule has 2 aromatic rings. The lowest BCUT2D eigenvalue weighted by Crippen LogP contribution is -2.40. The van der Waals surface area contributed by atoms with Crippen molar-refractivity contribution in [3.05, 3.63) is 71.3 Å². The van der Waals surface area contributed by atoms with Crippen molar-refractivity contribution in [1.82, 2.24) is 5.32 Å². The van der Waals surface area contributed by atoms with Gasteiger partial charge in [-0.15, -0.1) is 0 Å². The first-order chi connectivity index (χ1) is 10.4. The molecule has 0 heterocycles. The molecule has 0 aliphatic heterocycles. The average molecular weight is 303 g/mol. The molecule has 0 radical (unpaired) electrons. The molecule has 0 saturated carbocycles. The summed E-state index contributed by atoms with van der Waals surface area (Å²) in [6.07, 6.45) is 0.630. The molecular weight excluding hydrogens is 284 g/mol. The van der Waals surface area contributed by atoms with Gasteiger partial charge in [-0.2, -0.15) is 0 Å². The first-order valence-corrected chi connectivity index (χ1v) is 7.18. The lowest BCUT2D eigenvalue weighted by atomic mass is 9.83. The lowest BCUT2D eigenvalue weighted by Gasteiger charge is -2.24. The molecule has 0 aromatic heterocycles. The van der Waals surface area contributed by atoms with Crippen molar-refractivity contribution in [3.8, 4) is 0 Å². The van der Waals surface area contributed by atoms with E-state index >= 15 is 0 Å². The fourth-order valence-electron chi connectivity index (χ4n) is 2.19. The second-order valence-electron chi connectivity index (χ2n) is 5.76. The zero-order valence-electron chi connectivity index (χ0n) is 12.7. The van der Waals surface area contributed by atoms with Crippen molar-refractivity contribution >= 4 is 5.91 Å². The highest BCUT2D eigenvalue weighted by atomic mass is 19.1. The highest BCUT2D eigenvalue weighted by molar-refractivity contribution is 5.87. The Labute approximate surface area is 129 Å². The van der Waals surface area contributed by atoms with E-state index in [0.717, 1.165) is 11.1 Å². The van der Waals surface area contributed by atoms with Gasteiger partial charge < -0.3 is 5.32 Å². The van der Waals surface area contributed by atoms with E-state index in [1.54, 1.807) is 38.1 Å². The third-order valence-corrected chi connectivity index (χ3v) is 3.75. The molecule has 2 aromatic carbocycles. The summed E-state index contributed by atoms with van der Waals surface area (Å²) in [6, 6.07) is 12.1. The third kappa shape index (κ3) is 3.91. The summed E-state index contributed by atoms with van der Waals surface area (Å²) in [6.45, 7) is 4.07. The fourth-order valence-corrected chi connectivity index (χ4v) is 2.19. The van der Waals surface area contributed by atoms with Crippen LogP contribution in [0.5, 0.6) is 0 Å². The van der Waals surface area contributed by atoms with Gasteiger partial charge in [-0.05, 0) is 55.7 Å². The van der Waals surface area contributed by atoms with Gasteiger partial charge in [0.05, 0.1) is 5.41 Å². The number of nitrogens with one attached hydrogen (secondary N) is 1. The van der Waals surface area contributed by atoms with E-state index in [-0.39, 0.29) is 17.5 Å². The average Bonchev–Trinajstić information content (AvgIpc) is 2.49. The number of halogens is 2. The van der Waals surface area contributed by atoms with Crippen molar-refractivity contribution in [1.29, 1.82) is 0 Å². The maximum absolute atomic E-state index is 13.0. The summed E-state index contributed by atoms with van der Waals surface area (Å²) in [4.78, 5) is 12.3. The summed E-state index contributed by atoms with van der Waals surface area (Å²) in [7, 11) is 0. The topological polar surface area (TPSA) is 29.1 Å². The van der Waals surface area contributed by atoms with Gasteiger partial charge in [0.2, 0.25) is 5.91 Å². The molecule has 0 fully saturated rings. The molecule has 1 amide bonds. The number of hydrogen-bond acceptors (Lipinski definition) is 1. The molecular formula is C18H19F2NO. The number of hydrogen-bond donors (Lipinski definition) is 1. The summed E-state index contributed by atoms with van der Waals surface area (Å²) < 4.78 is 25.8. The van der Waals surface area contributed by atoms with Crippen LogP contribution in [-0.2, 0) is 16.6 Å². The van der Waals surface area contributed by atoms with E-state index in [1.165, 1.54) is 24.3 Å². The maximum Gasteiger partial charge on any atom is 0.230 e. The van der Waals surface area contributed by atoms with Crippen LogP contribution in [0.1, 0.15) is 25.0 Å². The molecule has 0 aliphatic carbocycles. The van der Waals surface area contributed by atoms with E-state index in [0.29, 0.717) is 13.0 Å². The van der Waals surface area contributed by atoms with E-state index in [9.17, 15) is 13.6 Å². The van der Waals surface area contributed by atoms with Gasteiger partial charge in [0.15, 0.2) is 0 Å². The smallest absolute Gasteiger partial charge is 0.230 e. The Hall–Kier alpha value is -2.23. The number of carbonyl (C=O) groups excluding carboxylic acids is 1. The molecule has 2 nitrogen and oxygen atoms in total. The molecule has 0 atom stereocenters. The van der Waals surface area contributed by atoms with Crippen molar-refractivity contribution in [2.45, 2.75) is 25.7 Å². The second kappa shape index (κ2) is 6.69. The largest absolute Gasteiger partial charge is 0.355 e. The minimum atomic E-state index is -0.740. The predicted octanol–water partition coefficient (Wildman–Crippen LogP) is 3.60. The number of amides is 1. The first-order valence-electron chi connectivity index (χ1n) is 7.18. The molecule has 4 heteroatoms. The number of carbonyl (C=O) groups is 1. The van der Waals surface area contributed by atoms with Crippen molar-refractivity contribution < 1.29 is 13.6 Å². The molecule has 0 spiro atoms. The summed E-state index contributed by atoms with van der Waals surface area (Å²) in [5.41, 5.74) is 0.978. The third-order valence-electron chi connectivity index (χ3n) is 3.75. The van der Waals surface area contributed by atoms with Gasteiger partial charge >= 0.3 is 0 Å². The molecule has 0 aliphatic rings. The van der Waals surface area contributed by atoms with Crippen molar-refractivity contribution in [2.75, 3.05) is 6.54 Å². The predicted molar refractivity (Wildman–Crippen MR) is 82.5 cm³/mol. The highest BCUT2D eigenvalue weighted by Gasteiger charge is 2.29. The monoisotopic (exact) mass is 303 g/mol. The van der Waals surface area contributed by atoms with E-state index in [4.69, 9.17) is 0 Å². The molecule has 1 N–H and O–H groups in total. The minimum Gasteiger partial charge on any atom is -0.355 e. The minimum absolute atomic E-state index is 0.124. The van der Waals surface area contributed by atoms with E-state index < -0.39 is 5.41 Å². The van der Waals surface area contributed by atoms with Crippen LogP contribution >= 0.6 is 0 Å². The quantitative estimate of drug-likeness (QED) is 0.898. The Balaban J connectivity index is 1.93. The zero-order valence-corrected chi connectivity index (χ0v) is 12.7. The SMILES string of the molecule is CC(C)(C(=O)NCCc1ccc(F)cc1)c1ccc(F)cc1. The van der Waals surface area contributed by atoms with Gasteiger partial charge in [0, 0.05) is 6.54 Å². The van der Waals surface area contributed by atoms with Crippen LogP contribution < -0.4 is 5.32 Å². The maximum atomic E-state index is 13.0. The van der Waals surface area contributed by atoms with Crippen LogP contribution in [0.3, 0.4) is 0 Å².